The van der Waals surface area contributed by atoms with E-state index in [1.807, 2.05) is 0 Å². The van der Waals surface area contributed by atoms with Gasteiger partial charge in [-0.3, -0.25) is 0 Å². The molecule has 0 radical (unpaired) electrons. The van der Waals surface area contributed by atoms with E-state index in [9.17, 15) is 0 Å². The predicted octanol–water partition coefficient (Wildman–Crippen LogP) is 6.47. The third-order valence-electron chi connectivity index (χ3n) is 5.24. The second kappa shape index (κ2) is 13.6. The van der Waals surface area contributed by atoms with Crippen molar-refractivity contribution in [2.75, 3.05) is 6.54 Å². The Bertz CT molecular complexity index is 210. The molecule has 1 aliphatic carbocycles. The molecule has 0 aromatic heterocycles. The maximum absolute atomic E-state index is 3.80. The Morgan fingerprint density at radius 1 is 0.762 bits per heavy atom. The van der Waals surface area contributed by atoms with Crippen molar-refractivity contribution in [1.82, 2.24) is 5.32 Å². The SMILES string of the molecule is CCCCCCCCCCCCC(NCCC)C1CCC1. The Labute approximate surface area is 134 Å². The van der Waals surface area contributed by atoms with Gasteiger partial charge in [0, 0.05) is 6.04 Å². The zero-order chi connectivity index (χ0) is 15.2. The first kappa shape index (κ1) is 19.0. The first-order valence-corrected chi connectivity index (χ1v) is 10.1. The highest BCUT2D eigenvalue weighted by atomic mass is 14.9. The van der Waals surface area contributed by atoms with Crippen molar-refractivity contribution >= 4 is 0 Å². The number of hydrogen-bond donors (Lipinski definition) is 1. The zero-order valence-corrected chi connectivity index (χ0v) is 15.0. The molecule has 0 amide bonds. The van der Waals surface area contributed by atoms with Gasteiger partial charge < -0.3 is 5.32 Å². The highest BCUT2D eigenvalue weighted by molar-refractivity contribution is 4.82. The van der Waals surface area contributed by atoms with Gasteiger partial charge in [-0.2, -0.15) is 0 Å². The molecule has 1 nitrogen and oxygen atoms in total. The summed E-state index contributed by atoms with van der Waals surface area (Å²) in [5, 5.41) is 3.80. The average Bonchev–Trinajstić information content (AvgIpc) is 2.44. The van der Waals surface area contributed by atoms with E-state index in [1.165, 1.54) is 103 Å². The minimum absolute atomic E-state index is 0.841. The van der Waals surface area contributed by atoms with Gasteiger partial charge in [0.1, 0.15) is 0 Å². The summed E-state index contributed by atoms with van der Waals surface area (Å²) in [6.45, 7) is 5.80. The summed E-state index contributed by atoms with van der Waals surface area (Å²) in [5.41, 5.74) is 0. The van der Waals surface area contributed by atoms with Gasteiger partial charge in [-0.25, -0.2) is 0 Å². The van der Waals surface area contributed by atoms with E-state index in [0.29, 0.717) is 0 Å². The predicted molar refractivity (Wildman–Crippen MR) is 95.9 cm³/mol. The van der Waals surface area contributed by atoms with Gasteiger partial charge in [-0.05, 0) is 38.1 Å². The normalized spacial score (nSPS) is 16.9. The molecule has 0 saturated heterocycles. The third-order valence-corrected chi connectivity index (χ3v) is 5.24. The molecular formula is C20H41N. The largest absolute Gasteiger partial charge is 0.314 e. The van der Waals surface area contributed by atoms with Gasteiger partial charge in [-0.15, -0.1) is 0 Å². The van der Waals surface area contributed by atoms with E-state index in [-0.39, 0.29) is 0 Å². The quantitative estimate of drug-likeness (QED) is 0.342. The smallest absolute Gasteiger partial charge is 0.00953 e. The van der Waals surface area contributed by atoms with E-state index >= 15 is 0 Å². The van der Waals surface area contributed by atoms with E-state index in [0.717, 1.165) is 12.0 Å². The summed E-state index contributed by atoms with van der Waals surface area (Å²) < 4.78 is 0. The standard InChI is InChI=1S/C20H41N/c1-3-5-6-7-8-9-10-11-12-13-17-20(21-18-4-2)19-15-14-16-19/h19-21H,3-18H2,1-2H3. The molecule has 1 atom stereocenters. The molecule has 1 aliphatic rings. The molecule has 0 aliphatic heterocycles. The molecule has 1 rings (SSSR count). The minimum Gasteiger partial charge on any atom is -0.314 e. The molecule has 0 heterocycles. The van der Waals surface area contributed by atoms with Gasteiger partial charge in [-0.1, -0.05) is 84.5 Å². The Morgan fingerprint density at radius 3 is 1.81 bits per heavy atom. The fourth-order valence-corrected chi connectivity index (χ4v) is 3.53. The van der Waals surface area contributed by atoms with Gasteiger partial charge in [0.25, 0.3) is 0 Å². The molecule has 0 spiro atoms. The Hall–Kier alpha value is -0.0400. The first-order valence-electron chi connectivity index (χ1n) is 10.1. The fourth-order valence-electron chi connectivity index (χ4n) is 3.53. The van der Waals surface area contributed by atoms with Crippen LogP contribution in [-0.4, -0.2) is 12.6 Å². The van der Waals surface area contributed by atoms with Crippen LogP contribution in [0.15, 0.2) is 0 Å². The first-order chi connectivity index (χ1) is 10.4. The minimum atomic E-state index is 0.841. The van der Waals surface area contributed by atoms with Crippen molar-refractivity contribution in [2.24, 2.45) is 5.92 Å². The summed E-state index contributed by atoms with van der Waals surface area (Å²) in [4.78, 5) is 0. The lowest BCUT2D eigenvalue weighted by Crippen LogP contribution is -2.39. The number of unbranched alkanes of at least 4 members (excludes halogenated alkanes) is 9. The summed E-state index contributed by atoms with van der Waals surface area (Å²) >= 11 is 0. The van der Waals surface area contributed by atoms with Crippen LogP contribution in [0, 0.1) is 5.92 Å². The molecule has 1 N–H and O–H groups in total. The van der Waals surface area contributed by atoms with Gasteiger partial charge in [0.05, 0.1) is 0 Å². The zero-order valence-electron chi connectivity index (χ0n) is 15.0. The molecule has 0 aromatic carbocycles. The van der Waals surface area contributed by atoms with Crippen LogP contribution in [0.3, 0.4) is 0 Å². The van der Waals surface area contributed by atoms with Crippen LogP contribution in [0.5, 0.6) is 0 Å². The van der Waals surface area contributed by atoms with E-state index < -0.39 is 0 Å². The highest BCUT2D eigenvalue weighted by Gasteiger charge is 2.25. The molecule has 21 heavy (non-hydrogen) atoms. The van der Waals surface area contributed by atoms with Crippen molar-refractivity contribution in [3.8, 4) is 0 Å². The summed E-state index contributed by atoms with van der Waals surface area (Å²) in [6, 6.07) is 0.841. The Kier molecular flexibility index (Phi) is 12.3. The highest BCUT2D eigenvalue weighted by Crippen LogP contribution is 2.31. The maximum atomic E-state index is 3.80. The van der Waals surface area contributed by atoms with Crippen molar-refractivity contribution in [2.45, 2.75) is 116 Å². The van der Waals surface area contributed by atoms with Crippen molar-refractivity contribution in [3.63, 3.8) is 0 Å². The molecule has 1 unspecified atom stereocenters. The van der Waals surface area contributed by atoms with Gasteiger partial charge in [0.15, 0.2) is 0 Å². The van der Waals surface area contributed by atoms with Crippen LogP contribution in [0.25, 0.3) is 0 Å². The van der Waals surface area contributed by atoms with Crippen molar-refractivity contribution in [1.29, 1.82) is 0 Å². The lowest BCUT2D eigenvalue weighted by molar-refractivity contribution is 0.216. The molecule has 1 fully saturated rings. The fraction of sp³-hybridized carbons (Fsp3) is 1.00. The second-order valence-corrected chi connectivity index (χ2v) is 7.22. The third kappa shape index (κ3) is 9.55. The Morgan fingerprint density at radius 2 is 1.33 bits per heavy atom. The topological polar surface area (TPSA) is 12.0 Å². The number of rotatable bonds is 15. The van der Waals surface area contributed by atoms with Crippen LogP contribution in [0.1, 0.15) is 110 Å². The second-order valence-electron chi connectivity index (χ2n) is 7.22. The lowest BCUT2D eigenvalue weighted by Gasteiger charge is -2.34. The van der Waals surface area contributed by atoms with E-state index in [4.69, 9.17) is 0 Å². The van der Waals surface area contributed by atoms with Crippen LogP contribution in [0.4, 0.5) is 0 Å². The molecule has 0 bridgehead atoms. The van der Waals surface area contributed by atoms with Crippen LogP contribution in [0.2, 0.25) is 0 Å². The van der Waals surface area contributed by atoms with E-state index in [2.05, 4.69) is 19.2 Å². The molecule has 1 heteroatoms. The van der Waals surface area contributed by atoms with Gasteiger partial charge in [0.2, 0.25) is 0 Å². The maximum Gasteiger partial charge on any atom is 0.00953 e. The van der Waals surface area contributed by atoms with Crippen LogP contribution < -0.4 is 5.32 Å². The molecule has 126 valence electrons. The average molecular weight is 296 g/mol. The monoisotopic (exact) mass is 295 g/mol. The van der Waals surface area contributed by atoms with Crippen LogP contribution >= 0.6 is 0 Å². The van der Waals surface area contributed by atoms with E-state index in [1.54, 1.807) is 0 Å². The van der Waals surface area contributed by atoms with Crippen molar-refractivity contribution in [3.05, 3.63) is 0 Å². The van der Waals surface area contributed by atoms with Gasteiger partial charge >= 0.3 is 0 Å². The molecule has 0 aromatic rings. The summed E-state index contributed by atoms with van der Waals surface area (Å²) in [7, 11) is 0. The lowest BCUT2D eigenvalue weighted by atomic mass is 9.78. The van der Waals surface area contributed by atoms with Crippen molar-refractivity contribution < 1.29 is 0 Å². The summed E-state index contributed by atoms with van der Waals surface area (Å²) in [6.07, 6.45) is 21.7. The summed E-state index contributed by atoms with van der Waals surface area (Å²) in [5.74, 6) is 1.01. The molecule has 1 saturated carbocycles. The van der Waals surface area contributed by atoms with Crippen LogP contribution in [-0.2, 0) is 0 Å². The number of hydrogen-bond acceptors (Lipinski definition) is 1. The number of nitrogens with one attached hydrogen (secondary N) is 1. The Balaban J connectivity index is 1.89. The molecular weight excluding hydrogens is 254 g/mol.